The highest BCUT2D eigenvalue weighted by molar-refractivity contribution is 5.97. The van der Waals surface area contributed by atoms with E-state index >= 15 is 0 Å². The second-order valence-electron chi connectivity index (χ2n) is 5.69. The van der Waals surface area contributed by atoms with Crippen molar-refractivity contribution in [2.24, 2.45) is 0 Å². The van der Waals surface area contributed by atoms with E-state index in [-0.39, 0.29) is 24.1 Å². The summed E-state index contributed by atoms with van der Waals surface area (Å²) in [6.07, 6.45) is 0. The van der Waals surface area contributed by atoms with Crippen molar-refractivity contribution < 1.29 is 9.90 Å². The molecule has 0 fully saturated rings. The molecule has 6 nitrogen and oxygen atoms in total. The molecule has 108 valence electrons. The molecule has 1 heterocycles. The van der Waals surface area contributed by atoms with Gasteiger partial charge in [0.15, 0.2) is 5.69 Å². The maximum atomic E-state index is 12.4. The second kappa shape index (κ2) is 5.61. The Labute approximate surface area is 114 Å². The third-order valence-electron chi connectivity index (χ3n) is 2.86. The SMILES string of the molecule is CCN(CC(C)(C)O)C(=O)c1n[nH]c(C(C)C)c1N. The Hall–Kier alpha value is -1.56. The number of carbonyl (C=O) groups is 1. The highest BCUT2D eigenvalue weighted by atomic mass is 16.3. The maximum absolute atomic E-state index is 12.4. The van der Waals surface area contributed by atoms with Crippen LogP contribution in [0.1, 0.15) is 56.7 Å². The van der Waals surface area contributed by atoms with Gasteiger partial charge < -0.3 is 15.7 Å². The number of H-pyrrole nitrogens is 1. The topological polar surface area (TPSA) is 95.2 Å². The lowest BCUT2D eigenvalue weighted by Gasteiger charge is -2.27. The minimum atomic E-state index is -0.947. The van der Waals surface area contributed by atoms with Gasteiger partial charge in [0.05, 0.1) is 17.0 Å². The first-order chi connectivity index (χ1) is 8.67. The molecule has 6 heteroatoms. The van der Waals surface area contributed by atoms with Crippen LogP contribution in [0.3, 0.4) is 0 Å². The maximum Gasteiger partial charge on any atom is 0.276 e. The van der Waals surface area contributed by atoms with Crippen LogP contribution in [0.15, 0.2) is 0 Å². The number of hydrogen-bond acceptors (Lipinski definition) is 4. The van der Waals surface area contributed by atoms with Crippen LogP contribution in [-0.2, 0) is 0 Å². The molecule has 1 amide bonds. The van der Waals surface area contributed by atoms with E-state index < -0.39 is 5.60 Å². The van der Waals surface area contributed by atoms with Crippen molar-refractivity contribution in [1.29, 1.82) is 0 Å². The zero-order valence-electron chi connectivity index (χ0n) is 12.3. The van der Waals surface area contributed by atoms with Crippen molar-refractivity contribution in [1.82, 2.24) is 15.1 Å². The fourth-order valence-corrected chi connectivity index (χ4v) is 1.91. The van der Waals surface area contributed by atoms with Crippen LogP contribution in [0.25, 0.3) is 0 Å². The predicted molar refractivity (Wildman–Crippen MR) is 75.0 cm³/mol. The van der Waals surface area contributed by atoms with E-state index in [2.05, 4.69) is 10.2 Å². The molecular weight excluding hydrogens is 244 g/mol. The minimum absolute atomic E-state index is 0.179. The summed E-state index contributed by atoms with van der Waals surface area (Å²) in [4.78, 5) is 13.9. The summed E-state index contributed by atoms with van der Waals surface area (Å²) in [5.74, 6) is -0.0799. The van der Waals surface area contributed by atoms with Gasteiger partial charge in [-0.15, -0.1) is 0 Å². The molecule has 0 saturated heterocycles. The van der Waals surface area contributed by atoms with Crippen molar-refractivity contribution >= 4 is 11.6 Å². The molecule has 19 heavy (non-hydrogen) atoms. The summed E-state index contributed by atoms with van der Waals surface area (Å²) in [5, 5.41) is 16.6. The normalized spacial score (nSPS) is 11.9. The van der Waals surface area contributed by atoms with Crippen LogP contribution in [0.5, 0.6) is 0 Å². The van der Waals surface area contributed by atoms with Gasteiger partial charge in [0.2, 0.25) is 0 Å². The first-order valence-electron chi connectivity index (χ1n) is 6.52. The first-order valence-corrected chi connectivity index (χ1v) is 6.52. The number of hydrogen-bond donors (Lipinski definition) is 3. The second-order valence-corrected chi connectivity index (χ2v) is 5.69. The molecule has 0 aliphatic carbocycles. The largest absolute Gasteiger partial charge is 0.395 e. The minimum Gasteiger partial charge on any atom is -0.395 e. The number of rotatable bonds is 5. The number of aliphatic hydroxyl groups is 1. The van der Waals surface area contributed by atoms with E-state index in [0.717, 1.165) is 5.69 Å². The van der Waals surface area contributed by atoms with Gasteiger partial charge in [-0.2, -0.15) is 5.10 Å². The molecule has 0 saturated carbocycles. The molecule has 1 aromatic heterocycles. The molecule has 0 aliphatic rings. The molecule has 1 rings (SSSR count). The van der Waals surface area contributed by atoms with Gasteiger partial charge in [0, 0.05) is 13.1 Å². The summed E-state index contributed by atoms with van der Waals surface area (Å²) in [5.41, 5.74) is 6.41. The number of nitrogens with zero attached hydrogens (tertiary/aromatic N) is 2. The highest BCUT2D eigenvalue weighted by Gasteiger charge is 2.26. The number of nitrogen functional groups attached to an aromatic ring is 1. The number of amides is 1. The molecule has 0 atom stereocenters. The van der Waals surface area contributed by atoms with Gasteiger partial charge in [-0.25, -0.2) is 0 Å². The molecule has 4 N–H and O–H groups in total. The lowest BCUT2D eigenvalue weighted by molar-refractivity contribution is 0.0312. The quantitative estimate of drug-likeness (QED) is 0.751. The summed E-state index contributed by atoms with van der Waals surface area (Å²) < 4.78 is 0. The Morgan fingerprint density at radius 3 is 2.47 bits per heavy atom. The number of aromatic amines is 1. The Morgan fingerprint density at radius 1 is 1.53 bits per heavy atom. The van der Waals surface area contributed by atoms with Gasteiger partial charge in [0.25, 0.3) is 5.91 Å². The lowest BCUT2D eigenvalue weighted by atomic mass is 10.1. The van der Waals surface area contributed by atoms with Gasteiger partial charge in [-0.3, -0.25) is 9.89 Å². The standard InChI is InChI=1S/C13H24N4O2/c1-6-17(7-13(4,5)19)12(18)11-9(14)10(8(2)3)15-16-11/h8,19H,6-7,14H2,1-5H3,(H,15,16). The fourth-order valence-electron chi connectivity index (χ4n) is 1.91. The number of nitrogens with two attached hydrogens (primary N) is 1. The third kappa shape index (κ3) is 3.70. The number of anilines is 1. The zero-order chi connectivity index (χ0) is 14.8. The van der Waals surface area contributed by atoms with E-state index in [4.69, 9.17) is 5.73 Å². The molecule has 0 unspecified atom stereocenters. The number of nitrogens with one attached hydrogen (secondary N) is 1. The Bertz CT molecular complexity index is 446. The smallest absolute Gasteiger partial charge is 0.276 e. The molecule has 0 aliphatic heterocycles. The van der Waals surface area contributed by atoms with Crippen LogP contribution in [0, 0.1) is 0 Å². The van der Waals surface area contributed by atoms with Crippen molar-refractivity contribution in [3.63, 3.8) is 0 Å². The summed E-state index contributed by atoms with van der Waals surface area (Å²) in [6.45, 7) is 9.87. The molecule has 0 radical (unpaired) electrons. The Kier molecular flexibility index (Phi) is 4.57. The van der Waals surface area contributed by atoms with E-state index in [0.29, 0.717) is 12.2 Å². The number of aromatic nitrogens is 2. The zero-order valence-corrected chi connectivity index (χ0v) is 12.3. The van der Waals surface area contributed by atoms with Gasteiger partial charge >= 0.3 is 0 Å². The summed E-state index contributed by atoms with van der Waals surface area (Å²) in [6, 6.07) is 0. The van der Waals surface area contributed by atoms with Crippen molar-refractivity contribution in [2.45, 2.75) is 46.1 Å². The number of likely N-dealkylation sites (N-methyl/N-ethyl adjacent to an activating group) is 1. The summed E-state index contributed by atoms with van der Waals surface area (Å²) >= 11 is 0. The molecule has 0 spiro atoms. The Balaban J connectivity index is 2.98. The van der Waals surface area contributed by atoms with Crippen molar-refractivity contribution in [3.05, 3.63) is 11.4 Å². The monoisotopic (exact) mass is 268 g/mol. The third-order valence-corrected chi connectivity index (χ3v) is 2.86. The van der Waals surface area contributed by atoms with Crippen LogP contribution in [0.4, 0.5) is 5.69 Å². The van der Waals surface area contributed by atoms with Crippen molar-refractivity contribution in [3.8, 4) is 0 Å². The van der Waals surface area contributed by atoms with Gasteiger partial charge in [-0.05, 0) is 26.7 Å². The average Bonchev–Trinajstić information content (AvgIpc) is 2.66. The van der Waals surface area contributed by atoms with Crippen LogP contribution < -0.4 is 5.73 Å². The van der Waals surface area contributed by atoms with E-state index in [1.807, 2.05) is 20.8 Å². The van der Waals surface area contributed by atoms with E-state index in [1.165, 1.54) is 4.90 Å². The van der Waals surface area contributed by atoms with Gasteiger partial charge in [0.1, 0.15) is 0 Å². The Morgan fingerprint density at radius 2 is 2.11 bits per heavy atom. The fraction of sp³-hybridized carbons (Fsp3) is 0.692. The lowest BCUT2D eigenvalue weighted by Crippen LogP contribution is -2.42. The molecular formula is C13H24N4O2. The van der Waals surface area contributed by atoms with Gasteiger partial charge in [-0.1, -0.05) is 13.8 Å². The molecule has 1 aromatic rings. The van der Waals surface area contributed by atoms with E-state index in [1.54, 1.807) is 13.8 Å². The van der Waals surface area contributed by atoms with Crippen molar-refractivity contribution in [2.75, 3.05) is 18.8 Å². The van der Waals surface area contributed by atoms with E-state index in [9.17, 15) is 9.90 Å². The number of carbonyl (C=O) groups excluding carboxylic acids is 1. The highest BCUT2D eigenvalue weighted by Crippen LogP contribution is 2.23. The molecule has 0 aromatic carbocycles. The predicted octanol–water partition coefficient (Wildman–Crippen LogP) is 1.35. The molecule has 0 bridgehead atoms. The summed E-state index contributed by atoms with van der Waals surface area (Å²) in [7, 11) is 0. The van der Waals surface area contributed by atoms with Crippen LogP contribution in [0.2, 0.25) is 0 Å². The van der Waals surface area contributed by atoms with Crippen LogP contribution >= 0.6 is 0 Å². The average molecular weight is 268 g/mol. The van der Waals surface area contributed by atoms with Crippen LogP contribution in [-0.4, -0.2) is 44.8 Å². The first kappa shape index (κ1) is 15.5.